The molecule has 0 aliphatic heterocycles. The number of aromatic nitrogens is 2. The largest absolute Gasteiger partial charge is 0.516 e. The van der Waals surface area contributed by atoms with Gasteiger partial charge in [-0.25, -0.2) is 13.4 Å². The van der Waals surface area contributed by atoms with E-state index in [1.807, 2.05) is 0 Å². The fraction of sp³-hybridized carbons (Fsp3) is 0.208. The molecule has 0 radical (unpaired) electrons. The number of para-hydroxylation sites is 1. The molecule has 1 aromatic heterocycles. The third-order valence-corrected chi connectivity index (χ3v) is 8.95. The van der Waals surface area contributed by atoms with Gasteiger partial charge in [-0.2, -0.15) is 34.8 Å². The number of halogens is 6. The number of hydrogen-bond donors (Lipinski definition) is 2. The molecule has 1 fully saturated rings. The Labute approximate surface area is 217 Å². The van der Waals surface area contributed by atoms with E-state index in [4.69, 9.17) is 0 Å². The molecule has 39 heavy (non-hydrogen) atoms. The SMILES string of the molecule is O=S(=O)(Nc1ccccc1-c1ccc2[nH]c(C3CC3c3ccc(S(=O)(=O)C(F)(F)F)cc3)nc2c1)C(F)(F)F. The fourth-order valence-electron chi connectivity index (χ4n) is 4.29. The molecule has 0 amide bonds. The van der Waals surface area contributed by atoms with Crippen molar-refractivity contribution >= 4 is 36.6 Å². The molecule has 4 aromatic rings. The van der Waals surface area contributed by atoms with Gasteiger partial charge in [0.05, 0.1) is 21.6 Å². The second-order valence-electron chi connectivity index (χ2n) is 8.92. The van der Waals surface area contributed by atoms with Gasteiger partial charge in [0, 0.05) is 11.5 Å². The van der Waals surface area contributed by atoms with Gasteiger partial charge >= 0.3 is 21.0 Å². The molecule has 206 valence electrons. The number of alkyl halides is 6. The Balaban J connectivity index is 1.39. The van der Waals surface area contributed by atoms with Crippen molar-refractivity contribution < 1.29 is 43.2 Å². The Bertz CT molecular complexity index is 1780. The number of fused-ring (bicyclic) bond motifs is 1. The zero-order valence-corrected chi connectivity index (χ0v) is 21.0. The molecule has 15 heteroatoms. The minimum atomic E-state index is -5.63. The van der Waals surface area contributed by atoms with Crippen LogP contribution in [0, 0.1) is 0 Å². The van der Waals surface area contributed by atoms with Crippen molar-refractivity contribution in [3.63, 3.8) is 0 Å². The molecule has 7 nitrogen and oxygen atoms in total. The second kappa shape index (κ2) is 8.98. The summed E-state index contributed by atoms with van der Waals surface area (Å²) in [6, 6.07) is 14.9. The summed E-state index contributed by atoms with van der Waals surface area (Å²) in [5.41, 5.74) is -8.81. The number of imidazole rings is 1. The lowest BCUT2D eigenvalue weighted by Crippen LogP contribution is -2.30. The van der Waals surface area contributed by atoms with Gasteiger partial charge in [-0.15, -0.1) is 0 Å². The molecular weight excluding hydrogens is 572 g/mol. The molecule has 2 N–H and O–H groups in total. The summed E-state index contributed by atoms with van der Waals surface area (Å²) in [5, 5.41) is 0. The van der Waals surface area contributed by atoms with Crippen molar-refractivity contribution in [3.05, 3.63) is 78.1 Å². The second-order valence-corrected chi connectivity index (χ2v) is 12.5. The van der Waals surface area contributed by atoms with Gasteiger partial charge in [0.1, 0.15) is 5.82 Å². The standard InChI is InChI=1S/C24H17F6N3O4S2/c25-23(26,27)38(34,35)15-8-5-13(6-9-15)17-12-18(17)22-31-20-10-7-14(11-21(20)32-22)16-3-1-2-4-19(16)33-39(36,37)24(28,29)30/h1-11,17-18,33H,12H2,(H,31,32). The van der Waals surface area contributed by atoms with Gasteiger partial charge in [0.15, 0.2) is 0 Å². The Morgan fingerprint density at radius 3 is 2.13 bits per heavy atom. The van der Waals surface area contributed by atoms with Crippen molar-refractivity contribution in [3.8, 4) is 11.1 Å². The predicted molar refractivity (Wildman–Crippen MR) is 130 cm³/mol. The molecule has 1 aliphatic rings. The van der Waals surface area contributed by atoms with Crippen molar-refractivity contribution in [1.82, 2.24) is 9.97 Å². The van der Waals surface area contributed by atoms with Gasteiger partial charge in [-0.05, 0) is 53.8 Å². The van der Waals surface area contributed by atoms with Gasteiger partial charge in [-0.3, -0.25) is 4.72 Å². The highest BCUT2D eigenvalue weighted by atomic mass is 32.2. The first-order chi connectivity index (χ1) is 18.1. The van der Waals surface area contributed by atoms with Gasteiger partial charge in [-0.1, -0.05) is 36.4 Å². The third kappa shape index (κ3) is 4.95. The van der Waals surface area contributed by atoms with Crippen molar-refractivity contribution in [2.45, 2.75) is 34.2 Å². The van der Waals surface area contributed by atoms with Crippen LogP contribution in [-0.2, 0) is 19.9 Å². The average Bonchev–Trinajstić information content (AvgIpc) is 3.54. The Morgan fingerprint density at radius 2 is 1.49 bits per heavy atom. The quantitative estimate of drug-likeness (QED) is 0.266. The lowest BCUT2D eigenvalue weighted by molar-refractivity contribution is -0.0439. The molecule has 1 heterocycles. The maximum Gasteiger partial charge on any atom is 0.516 e. The van der Waals surface area contributed by atoms with Gasteiger partial charge < -0.3 is 4.98 Å². The molecule has 1 aliphatic carbocycles. The van der Waals surface area contributed by atoms with Crippen LogP contribution >= 0.6 is 0 Å². The summed E-state index contributed by atoms with van der Waals surface area (Å²) in [7, 11) is -11.1. The molecule has 5 rings (SSSR count). The molecule has 0 saturated heterocycles. The number of nitrogens with one attached hydrogen (secondary N) is 2. The molecule has 2 unspecified atom stereocenters. The number of sulfonamides is 1. The maximum absolute atomic E-state index is 12.9. The minimum Gasteiger partial charge on any atom is -0.342 e. The Kier molecular flexibility index (Phi) is 6.21. The van der Waals surface area contributed by atoms with E-state index in [-0.39, 0.29) is 23.1 Å². The van der Waals surface area contributed by atoms with Crippen molar-refractivity contribution in [2.24, 2.45) is 0 Å². The molecule has 1 saturated carbocycles. The van der Waals surface area contributed by atoms with Gasteiger partial charge in [0.2, 0.25) is 0 Å². The van der Waals surface area contributed by atoms with Crippen LogP contribution in [0.3, 0.4) is 0 Å². The number of anilines is 1. The molecule has 2 atom stereocenters. The number of hydrogen-bond acceptors (Lipinski definition) is 5. The normalized spacial score (nSPS) is 18.3. The molecule has 0 bridgehead atoms. The number of H-pyrrole nitrogens is 1. The van der Waals surface area contributed by atoms with Crippen LogP contribution in [0.15, 0.2) is 71.6 Å². The fourth-order valence-corrected chi connectivity index (χ4v) is 5.63. The van der Waals surface area contributed by atoms with E-state index in [2.05, 4.69) is 9.97 Å². The monoisotopic (exact) mass is 589 g/mol. The number of aromatic amines is 1. The Morgan fingerprint density at radius 1 is 0.821 bits per heavy atom. The first kappa shape index (κ1) is 27.0. The highest BCUT2D eigenvalue weighted by Crippen LogP contribution is 2.54. The van der Waals surface area contributed by atoms with E-state index < -0.39 is 35.8 Å². The summed E-state index contributed by atoms with van der Waals surface area (Å²) in [4.78, 5) is 6.86. The zero-order chi connectivity index (χ0) is 28.4. The van der Waals surface area contributed by atoms with E-state index in [1.165, 1.54) is 30.3 Å². The first-order valence-corrected chi connectivity index (χ1v) is 14.1. The van der Waals surface area contributed by atoms with E-state index in [9.17, 15) is 43.2 Å². The summed E-state index contributed by atoms with van der Waals surface area (Å²) in [5.74, 6) is 0.354. The molecule has 0 spiro atoms. The summed E-state index contributed by atoms with van der Waals surface area (Å²) in [6.07, 6.45) is 0.611. The van der Waals surface area contributed by atoms with E-state index in [0.717, 1.165) is 12.1 Å². The number of rotatable bonds is 6. The Hall–Kier alpha value is -3.59. The molecular formula is C24H17F6N3O4S2. The number of benzene rings is 3. The third-order valence-electron chi connectivity index (χ3n) is 6.35. The van der Waals surface area contributed by atoms with E-state index in [1.54, 1.807) is 29.0 Å². The highest BCUT2D eigenvalue weighted by Gasteiger charge is 2.48. The summed E-state index contributed by atoms with van der Waals surface area (Å²) in [6.45, 7) is 0. The van der Waals surface area contributed by atoms with Crippen LogP contribution in [0.5, 0.6) is 0 Å². The summed E-state index contributed by atoms with van der Waals surface area (Å²) >= 11 is 0. The maximum atomic E-state index is 12.9. The van der Waals surface area contributed by atoms with E-state index in [0.29, 0.717) is 34.4 Å². The van der Waals surface area contributed by atoms with Crippen LogP contribution < -0.4 is 4.72 Å². The molecule has 3 aromatic carbocycles. The van der Waals surface area contributed by atoms with Crippen LogP contribution in [0.2, 0.25) is 0 Å². The first-order valence-electron chi connectivity index (χ1n) is 11.2. The zero-order valence-electron chi connectivity index (χ0n) is 19.4. The highest BCUT2D eigenvalue weighted by molar-refractivity contribution is 7.93. The minimum absolute atomic E-state index is 0.106. The van der Waals surface area contributed by atoms with Crippen LogP contribution in [0.4, 0.5) is 32.0 Å². The number of nitrogens with zero attached hydrogens (tertiary/aromatic N) is 1. The van der Waals surface area contributed by atoms with Crippen LogP contribution in [0.1, 0.15) is 29.6 Å². The van der Waals surface area contributed by atoms with E-state index >= 15 is 0 Å². The van der Waals surface area contributed by atoms with Crippen molar-refractivity contribution in [1.29, 1.82) is 0 Å². The van der Waals surface area contributed by atoms with Crippen LogP contribution in [0.25, 0.3) is 22.2 Å². The van der Waals surface area contributed by atoms with Crippen LogP contribution in [-0.4, -0.2) is 37.8 Å². The van der Waals surface area contributed by atoms with Gasteiger partial charge in [0.25, 0.3) is 9.84 Å². The predicted octanol–water partition coefficient (Wildman–Crippen LogP) is 6.06. The lowest BCUT2D eigenvalue weighted by atomic mass is 10.0. The average molecular weight is 590 g/mol. The topological polar surface area (TPSA) is 109 Å². The smallest absolute Gasteiger partial charge is 0.342 e. The summed E-state index contributed by atoms with van der Waals surface area (Å²) < 4.78 is 125. The lowest BCUT2D eigenvalue weighted by Gasteiger charge is -2.14. The van der Waals surface area contributed by atoms with Crippen molar-refractivity contribution in [2.75, 3.05) is 4.72 Å². The number of sulfone groups is 1.